The Bertz CT molecular complexity index is 292. The van der Waals surface area contributed by atoms with Crippen LogP contribution >= 0.6 is 0 Å². The first-order valence-electron chi connectivity index (χ1n) is 7.70. The lowest BCUT2D eigenvalue weighted by atomic mass is 9.87. The molecule has 1 unspecified atom stereocenters. The molecule has 1 saturated heterocycles. The second kappa shape index (κ2) is 6.71. The van der Waals surface area contributed by atoms with Gasteiger partial charge < -0.3 is 9.84 Å². The zero-order valence-electron chi connectivity index (χ0n) is 12.2. The summed E-state index contributed by atoms with van der Waals surface area (Å²) in [5.41, 5.74) is 0. The van der Waals surface area contributed by atoms with Gasteiger partial charge >= 0.3 is 5.97 Å². The molecule has 0 radical (unpaired) electrons. The molecule has 4 heteroatoms. The van der Waals surface area contributed by atoms with Gasteiger partial charge in [-0.25, -0.2) is 0 Å². The van der Waals surface area contributed by atoms with Gasteiger partial charge in [0.15, 0.2) is 0 Å². The minimum absolute atomic E-state index is 0.149. The number of aliphatic carboxylic acids is 1. The highest BCUT2D eigenvalue weighted by molar-refractivity contribution is 5.70. The van der Waals surface area contributed by atoms with Crippen molar-refractivity contribution in [2.45, 2.75) is 64.7 Å². The molecule has 0 aromatic rings. The van der Waals surface area contributed by atoms with Crippen LogP contribution in [-0.2, 0) is 9.53 Å². The summed E-state index contributed by atoms with van der Waals surface area (Å²) >= 11 is 0. The molecule has 1 aliphatic heterocycles. The van der Waals surface area contributed by atoms with Crippen LogP contribution in [-0.4, -0.2) is 41.4 Å². The van der Waals surface area contributed by atoms with Crippen molar-refractivity contribution in [3.05, 3.63) is 0 Å². The molecule has 0 amide bonds. The lowest BCUT2D eigenvalue weighted by Gasteiger charge is -2.36. The van der Waals surface area contributed by atoms with Crippen LogP contribution in [0.25, 0.3) is 0 Å². The topological polar surface area (TPSA) is 49.8 Å². The predicted molar refractivity (Wildman–Crippen MR) is 73.9 cm³/mol. The van der Waals surface area contributed by atoms with E-state index in [0.29, 0.717) is 5.92 Å². The predicted octanol–water partition coefficient (Wildman–Crippen LogP) is 2.72. The number of carboxylic acid groups (broad SMARTS) is 1. The Morgan fingerprint density at radius 1 is 1.16 bits per heavy atom. The van der Waals surface area contributed by atoms with E-state index < -0.39 is 5.97 Å². The van der Waals surface area contributed by atoms with Gasteiger partial charge in [-0.2, -0.15) is 0 Å². The molecule has 2 fully saturated rings. The van der Waals surface area contributed by atoms with Crippen LogP contribution in [0.5, 0.6) is 0 Å². The lowest BCUT2D eigenvalue weighted by molar-refractivity contribution is -0.148. The Hall–Kier alpha value is -0.610. The van der Waals surface area contributed by atoms with Gasteiger partial charge in [-0.3, -0.25) is 9.69 Å². The maximum Gasteiger partial charge on any atom is 0.306 e. The highest BCUT2D eigenvalue weighted by atomic mass is 16.5. The minimum atomic E-state index is -0.640. The van der Waals surface area contributed by atoms with Crippen molar-refractivity contribution in [1.82, 2.24) is 4.90 Å². The zero-order chi connectivity index (χ0) is 13.8. The largest absolute Gasteiger partial charge is 0.481 e. The van der Waals surface area contributed by atoms with Crippen molar-refractivity contribution in [2.75, 3.05) is 13.1 Å². The molecule has 110 valence electrons. The van der Waals surface area contributed by atoms with Crippen LogP contribution in [0.4, 0.5) is 0 Å². The van der Waals surface area contributed by atoms with Crippen LogP contribution in [0.2, 0.25) is 0 Å². The fourth-order valence-corrected chi connectivity index (χ4v) is 3.30. The monoisotopic (exact) mass is 269 g/mol. The van der Waals surface area contributed by atoms with Crippen molar-refractivity contribution < 1.29 is 14.6 Å². The van der Waals surface area contributed by atoms with Gasteiger partial charge in [0.05, 0.1) is 12.0 Å². The molecule has 2 rings (SSSR count). The zero-order valence-corrected chi connectivity index (χ0v) is 12.2. The van der Waals surface area contributed by atoms with Crippen molar-refractivity contribution in [2.24, 2.45) is 11.8 Å². The SMILES string of the molecule is CC(C)C(OC1CCC(C(=O)O)CC1)N1CCCC1. The number of carbonyl (C=O) groups is 1. The summed E-state index contributed by atoms with van der Waals surface area (Å²) in [6.07, 6.45) is 6.35. The Balaban J connectivity index is 1.83. The van der Waals surface area contributed by atoms with E-state index in [1.165, 1.54) is 12.8 Å². The lowest BCUT2D eigenvalue weighted by Crippen LogP contribution is -2.42. The van der Waals surface area contributed by atoms with Gasteiger partial charge in [-0.1, -0.05) is 13.8 Å². The van der Waals surface area contributed by atoms with E-state index in [-0.39, 0.29) is 18.2 Å². The summed E-state index contributed by atoms with van der Waals surface area (Å²) in [6, 6.07) is 0. The number of hydrogen-bond donors (Lipinski definition) is 1. The Kier molecular flexibility index (Phi) is 5.22. The summed E-state index contributed by atoms with van der Waals surface area (Å²) in [5, 5.41) is 9.02. The van der Waals surface area contributed by atoms with E-state index in [4.69, 9.17) is 9.84 Å². The number of rotatable bonds is 5. The molecule has 1 aliphatic carbocycles. The maximum absolute atomic E-state index is 11.0. The van der Waals surface area contributed by atoms with Crippen LogP contribution in [0.3, 0.4) is 0 Å². The summed E-state index contributed by atoms with van der Waals surface area (Å²) in [7, 11) is 0. The van der Waals surface area contributed by atoms with Crippen molar-refractivity contribution in [3.63, 3.8) is 0 Å². The molecule has 19 heavy (non-hydrogen) atoms. The minimum Gasteiger partial charge on any atom is -0.481 e. The molecule has 4 nitrogen and oxygen atoms in total. The molecule has 0 aromatic carbocycles. The highest BCUT2D eigenvalue weighted by Gasteiger charge is 2.31. The maximum atomic E-state index is 11.0. The van der Waals surface area contributed by atoms with Gasteiger partial charge in [0.1, 0.15) is 6.23 Å². The third kappa shape index (κ3) is 3.93. The average Bonchev–Trinajstić information content (AvgIpc) is 2.89. The molecule has 1 saturated carbocycles. The normalized spacial score (nSPS) is 30.7. The molecule has 1 heterocycles. The summed E-state index contributed by atoms with van der Waals surface area (Å²) in [4.78, 5) is 13.4. The number of likely N-dealkylation sites (tertiary alicyclic amines) is 1. The van der Waals surface area contributed by atoms with Crippen LogP contribution in [0.15, 0.2) is 0 Å². The first-order chi connectivity index (χ1) is 9.08. The summed E-state index contributed by atoms with van der Waals surface area (Å²) in [6.45, 7) is 6.72. The van der Waals surface area contributed by atoms with Crippen molar-refractivity contribution >= 4 is 5.97 Å². The molecule has 1 N–H and O–H groups in total. The van der Waals surface area contributed by atoms with Gasteiger partial charge in [-0.05, 0) is 44.4 Å². The second-order valence-electron chi connectivity index (χ2n) is 6.33. The first kappa shape index (κ1) is 14.8. The Labute approximate surface area is 116 Å². The Morgan fingerprint density at radius 2 is 1.74 bits per heavy atom. The van der Waals surface area contributed by atoms with Gasteiger partial charge in [0, 0.05) is 13.1 Å². The van der Waals surface area contributed by atoms with Crippen molar-refractivity contribution in [1.29, 1.82) is 0 Å². The molecule has 2 aliphatic rings. The molecule has 0 aromatic heterocycles. The number of hydrogen-bond acceptors (Lipinski definition) is 3. The summed E-state index contributed by atoms with van der Waals surface area (Å²) < 4.78 is 6.30. The number of ether oxygens (including phenoxy) is 1. The van der Waals surface area contributed by atoms with Crippen LogP contribution in [0, 0.1) is 11.8 Å². The van der Waals surface area contributed by atoms with Crippen LogP contribution < -0.4 is 0 Å². The van der Waals surface area contributed by atoms with Crippen LogP contribution in [0.1, 0.15) is 52.4 Å². The van der Waals surface area contributed by atoms with Crippen molar-refractivity contribution in [3.8, 4) is 0 Å². The second-order valence-corrected chi connectivity index (χ2v) is 6.33. The van der Waals surface area contributed by atoms with E-state index in [1.807, 2.05) is 0 Å². The Morgan fingerprint density at radius 3 is 2.21 bits per heavy atom. The standard InChI is InChI=1S/C15H27NO3/c1-11(2)14(16-9-3-4-10-16)19-13-7-5-12(6-8-13)15(17)18/h11-14H,3-10H2,1-2H3,(H,17,18). The average molecular weight is 269 g/mol. The van der Waals surface area contributed by atoms with E-state index in [9.17, 15) is 4.79 Å². The smallest absolute Gasteiger partial charge is 0.306 e. The van der Waals surface area contributed by atoms with E-state index in [0.717, 1.165) is 38.8 Å². The molecule has 0 spiro atoms. The molecular formula is C15H27NO3. The summed E-state index contributed by atoms with van der Waals surface area (Å²) in [5.74, 6) is -0.294. The third-order valence-electron chi connectivity index (χ3n) is 4.43. The van der Waals surface area contributed by atoms with Gasteiger partial charge in [0.2, 0.25) is 0 Å². The molecular weight excluding hydrogens is 242 g/mol. The first-order valence-corrected chi connectivity index (χ1v) is 7.70. The highest BCUT2D eigenvalue weighted by Crippen LogP contribution is 2.29. The van der Waals surface area contributed by atoms with Gasteiger partial charge in [-0.15, -0.1) is 0 Å². The van der Waals surface area contributed by atoms with E-state index in [1.54, 1.807) is 0 Å². The number of carboxylic acids is 1. The van der Waals surface area contributed by atoms with E-state index in [2.05, 4.69) is 18.7 Å². The quantitative estimate of drug-likeness (QED) is 0.833. The van der Waals surface area contributed by atoms with Gasteiger partial charge in [0.25, 0.3) is 0 Å². The van der Waals surface area contributed by atoms with E-state index >= 15 is 0 Å². The molecule has 0 bridgehead atoms. The molecule has 1 atom stereocenters. The fraction of sp³-hybridized carbons (Fsp3) is 0.933. The fourth-order valence-electron chi connectivity index (χ4n) is 3.30. The number of nitrogens with zero attached hydrogens (tertiary/aromatic N) is 1. The third-order valence-corrected chi connectivity index (χ3v) is 4.43.